The van der Waals surface area contributed by atoms with Gasteiger partial charge in [0.2, 0.25) is 5.91 Å². The van der Waals surface area contributed by atoms with Crippen molar-refractivity contribution in [1.29, 1.82) is 0 Å². The fraction of sp³-hybridized carbons (Fsp3) is 0.375. The third-order valence-corrected chi connectivity index (χ3v) is 3.43. The Morgan fingerprint density at radius 1 is 1.36 bits per heavy atom. The number of nitrogens with two attached hydrogens (primary N) is 1. The first-order valence-electron chi connectivity index (χ1n) is 7.23. The molecule has 2 rings (SSSR count). The lowest BCUT2D eigenvalue weighted by Crippen LogP contribution is -2.39. The maximum atomic E-state index is 11.9. The first-order chi connectivity index (χ1) is 10.5. The van der Waals surface area contributed by atoms with Gasteiger partial charge in [-0.05, 0) is 30.2 Å². The van der Waals surface area contributed by atoms with Crippen LogP contribution in [0.25, 0.3) is 0 Å². The smallest absolute Gasteiger partial charge is 0.241 e. The van der Waals surface area contributed by atoms with Crippen LogP contribution >= 0.6 is 0 Å². The number of imidazole rings is 1. The Bertz CT molecular complexity index is 619. The third kappa shape index (κ3) is 4.08. The molecule has 6 heteroatoms. The summed E-state index contributed by atoms with van der Waals surface area (Å²) in [6.07, 6.45) is 3.60. The lowest BCUT2D eigenvalue weighted by Gasteiger charge is -2.15. The second kappa shape index (κ2) is 7.09. The van der Waals surface area contributed by atoms with E-state index in [-0.39, 0.29) is 11.8 Å². The number of benzene rings is 1. The van der Waals surface area contributed by atoms with Gasteiger partial charge in [-0.2, -0.15) is 0 Å². The van der Waals surface area contributed by atoms with Crippen LogP contribution in [-0.4, -0.2) is 21.5 Å². The predicted molar refractivity (Wildman–Crippen MR) is 85.4 cm³/mol. The van der Waals surface area contributed by atoms with E-state index in [1.165, 1.54) is 0 Å². The molecule has 6 nitrogen and oxygen atoms in total. The van der Waals surface area contributed by atoms with E-state index in [0.29, 0.717) is 18.0 Å². The Morgan fingerprint density at radius 2 is 2.05 bits per heavy atom. The van der Waals surface area contributed by atoms with Crippen LogP contribution < -0.4 is 15.8 Å². The molecule has 1 aromatic carbocycles. The minimum Gasteiger partial charge on any atom is -0.486 e. The number of aryl methyl sites for hydroxylation is 1. The summed E-state index contributed by atoms with van der Waals surface area (Å²) in [6.45, 7) is 4.23. The second-order valence-corrected chi connectivity index (χ2v) is 5.53. The fourth-order valence-corrected chi connectivity index (χ4v) is 1.85. The Morgan fingerprint density at radius 3 is 2.59 bits per heavy atom. The van der Waals surface area contributed by atoms with Crippen LogP contribution in [0.1, 0.15) is 19.7 Å². The van der Waals surface area contributed by atoms with Crippen LogP contribution in [0.4, 0.5) is 5.69 Å². The number of nitrogens with one attached hydrogen (secondary N) is 1. The SMILES string of the molecule is CC(C)[C@H](N)C(=O)Nc1ccc(OCc2nccn2C)cc1. The first-order valence-corrected chi connectivity index (χ1v) is 7.23. The van der Waals surface area contributed by atoms with Crippen molar-refractivity contribution in [2.75, 3.05) is 5.32 Å². The molecule has 0 radical (unpaired) electrons. The minimum absolute atomic E-state index is 0.0976. The van der Waals surface area contributed by atoms with Crippen LogP contribution in [-0.2, 0) is 18.4 Å². The van der Waals surface area contributed by atoms with Gasteiger partial charge in [-0.1, -0.05) is 13.8 Å². The summed E-state index contributed by atoms with van der Waals surface area (Å²) >= 11 is 0. The lowest BCUT2D eigenvalue weighted by molar-refractivity contribution is -0.118. The van der Waals surface area contributed by atoms with Crippen molar-refractivity contribution in [1.82, 2.24) is 9.55 Å². The highest BCUT2D eigenvalue weighted by Crippen LogP contribution is 2.17. The summed E-state index contributed by atoms with van der Waals surface area (Å²) in [5, 5.41) is 2.79. The molecule has 0 saturated carbocycles. The molecule has 0 aliphatic heterocycles. The van der Waals surface area contributed by atoms with E-state index in [1.54, 1.807) is 30.5 Å². The van der Waals surface area contributed by atoms with Gasteiger partial charge in [-0.3, -0.25) is 4.79 Å². The van der Waals surface area contributed by atoms with Crippen LogP contribution in [0.3, 0.4) is 0 Å². The summed E-state index contributed by atoms with van der Waals surface area (Å²) < 4.78 is 7.56. The van der Waals surface area contributed by atoms with Crippen molar-refractivity contribution in [3.63, 3.8) is 0 Å². The van der Waals surface area contributed by atoms with Gasteiger partial charge in [0.15, 0.2) is 0 Å². The van der Waals surface area contributed by atoms with Crippen molar-refractivity contribution in [3.8, 4) is 5.75 Å². The normalized spacial score (nSPS) is 12.2. The van der Waals surface area contributed by atoms with Gasteiger partial charge >= 0.3 is 0 Å². The van der Waals surface area contributed by atoms with Gasteiger partial charge in [0, 0.05) is 25.1 Å². The number of rotatable bonds is 6. The summed E-state index contributed by atoms with van der Waals surface area (Å²) in [5.41, 5.74) is 6.51. The molecule has 1 amide bonds. The number of ether oxygens (including phenoxy) is 1. The highest BCUT2D eigenvalue weighted by atomic mass is 16.5. The largest absolute Gasteiger partial charge is 0.486 e. The summed E-state index contributed by atoms with van der Waals surface area (Å²) in [4.78, 5) is 16.1. The average molecular weight is 302 g/mol. The summed E-state index contributed by atoms with van der Waals surface area (Å²) in [5.74, 6) is 1.48. The number of nitrogens with zero attached hydrogens (tertiary/aromatic N) is 2. The molecule has 118 valence electrons. The van der Waals surface area contributed by atoms with Crippen molar-refractivity contribution >= 4 is 11.6 Å². The van der Waals surface area contributed by atoms with E-state index in [1.807, 2.05) is 31.7 Å². The van der Waals surface area contributed by atoms with Gasteiger partial charge in [0.1, 0.15) is 18.2 Å². The molecule has 22 heavy (non-hydrogen) atoms. The Balaban J connectivity index is 1.90. The molecule has 0 unspecified atom stereocenters. The summed E-state index contributed by atoms with van der Waals surface area (Å²) in [7, 11) is 1.92. The highest BCUT2D eigenvalue weighted by Gasteiger charge is 2.17. The number of hydrogen-bond donors (Lipinski definition) is 2. The van der Waals surface area contributed by atoms with Gasteiger partial charge in [0.05, 0.1) is 6.04 Å². The number of carbonyl (C=O) groups is 1. The van der Waals surface area contributed by atoms with Crippen LogP contribution in [0.15, 0.2) is 36.7 Å². The van der Waals surface area contributed by atoms with Crippen molar-refractivity contribution in [2.45, 2.75) is 26.5 Å². The summed E-state index contributed by atoms with van der Waals surface area (Å²) in [6, 6.07) is 6.68. The van der Waals surface area contributed by atoms with Crippen molar-refractivity contribution in [2.24, 2.45) is 18.7 Å². The van der Waals surface area contributed by atoms with Gasteiger partial charge in [-0.25, -0.2) is 4.98 Å². The van der Waals surface area contributed by atoms with Gasteiger partial charge in [-0.15, -0.1) is 0 Å². The molecule has 0 saturated heterocycles. The molecule has 2 aromatic rings. The minimum atomic E-state index is -0.514. The first kappa shape index (κ1) is 16.0. The topological polar surface area (TPSA) is 82.2 Å². The molecule has 1 heterocycles. The fourth-order valence-electron chi connectivity index (χ4n) is 1.85. The molecule has 0 bridgehead atoms. The van der Waals surface area contributed by atoms with Crippen LogP contribution in [0.5, 0.6) is 5.75 Å². The average Bonchev–Trinajstić information content (AvgIpc) is 2.91. The second-order valence-electron chi connectivity index (χ2n) is 5.53. The zero-order chi connectivity index (χ0) is 16.1. The van der Waals surface area contributed by atoms with Crippen molar-refractivity contribution in [3.05, 3.63) is 42.5 Å². The number of amides is 1. The lowest BCUT2D eigenvalue weighted by atomic mass is 10.1. The molecule has 0 fully saturated rings. The van der Waals surface area contributed by atoms with E-state index >= 15 is 0 Å². The standard InChI is InChI=1S/C16H22N4O2/c1-11(2)15(17)16(21)19-12-4-6-13(7-5-12)22-10-14-18-8-9-20(14)3/h4-9,11,15H,10,17H2,1-3H3,(H,19,21)/t15-/m0/s1. The van der Waals surface area contributed by atoms with Gasteiger partial charge in [0.25, 0.3) is 0 Å². The van der Waals surface area contributed by atoms with E-state index in [4.69, 9.17) is 10.5 Å². The highest BCUT2D eigenvalue weighted by molar-refractivity contribution is 5.94. The van der Waals surface area contributed by atoms with E-state index < -0.39 is 6.04 Å². The maximum absolute atomic E-state index is 11.9. The zero-order valence-corrected chi connectivity index (χ0v) is 13.1. The molecule has 0 spiro atoms. The predicted octanol–water partition coefficient (Wildman–Crippen LogP) is 1.92. The Hall–Kier alpha value is -2.34. The maximum Gasteiger partial charge on any atom is 0.241 e. The number of carbonyl (C=O) groups excluding carboxylic acids is 1. The number of hydrogen-bond acceptors (Lipinski definition) is 4. The molecule has 1 aromatic heterocycles. The molecule has 0 aliphatic carbocycles. The number of aromatic nitrogens is 2. The molecule has 3 N–H and O–H groups in total. The molecular weight excluding hydrogens is 280 g/mol. The molecule has 1 atom stereocenters. The van der Waals surface area contributed by atoms with Crippen LogP contribution in [0.2, 0.25) is 0 Å². The zero-order valence-electron chi connectivity index (χ0n) is 13.1. The Kier molecular flexibility index (Phi) is 5.16. The van der Waals surface area contributed by atoms with E-state index in [9.17, 15) is 4.79 Å². The van der Waals surface area contributed by atoms with E-state index in [0.717, 1.165) is 5.82 Å². The van der Waals surface area contributed by atoms with Gasteiger partial charge < -0.3 is 20.4 Å². The molecular formula is C16H22N4O2. The quantitative estimate of drug-likeness (QED) is 0.854. The number of anilines is 1. The molecule has 0 aliphatic rings. The Labute approximate surface area is 130 Å². The third-order valence-electron chi connectivity index (χ3n) is 3.43. The van der Waals surface area contributed by atoms with Crippen molar-refractivity contribution < 1.29 is 9.53 Å². The van der Waals surface area contributed by atoms with Crippen LogP contribution in [0, 0.1) is 5.92 Å². The van der Waals surface area contributed by atoms with E-state index in [2.05, 4.69) is 10.3 Å². The monoisotopic (exact) mass is 302 g/mol.